The Bertz CT molecular complexity index is 345. The van der Waals surface area contributed by atoms with Gasteiger partial charge in [0.05, 0.1) is 0 Å². The zero-order chi connectivity index (χ0) is 10.9. The Kier molecular flexibility index (Phi) is 1.80. The molecule has 1 N–H and O–H groups in total. The minimum absolute atomic E-state index is 0.289. The second-order valence-electron chi connectivity index (χ2n) is 4.55. The van der Waals surface area contributed by atoms with Gasteiger partial charge >= 0.3 is 13.8 Å². The molecule has 4 rings (SSSR count). The number of hydrogen-bond acceptors (Lipinski definition) is 6. The van der Waals surface area contributed by atoms with E-state index in [-0.39, 0.29) is 6.10 Å². The maximum atomic E-state index is 11.3. The molecule has 4 saturated heterocycles. The quantitative estimate of drug-likeness (QED) is 0.588. The minimum Gasteiger partial charge on any atom is -0.338 e. The van der Waals surface area contributed by atoms with Crippen LogP contribution < -0.4 is 0 Å². The van der Waals surface area contributed by atoms with Gasteiger partial charge in [0, 0.05) is 0 Å². The third kappa shape index (κ3) is 1.21. The SMILES string of the molecule is CC(C)CCC1OC12OP1(=O)OC2(O)O1. The molecule has 0 amide bonds. The van der Waals surface area contributed by atoms with Gasteiger partial charge in [0.25, 0.3) is 5.79 Å². The molecule has 0 aliphatic carbocycles. The van der Waals surface area contributed by atoms with Crippen molar-refractivity contribution >= 4 is 7.82 Å². The van der Waals surface area contributed by atoms with Crippen molar-refractivity contribution < 1.29 is 28.0 Å². The first-order valence-electron chi connectivity index (χ1n) is 5.02. The number of epoxide rings is 1. The zero-order valence-corrected chi connectivity index (χ0v) is 9.40. The van der Waals surface area contributed by atoms with Crippen molar-refractivity contribution in [2.24, 2.45) is 5.92 Å². The van der Waals surface area contributed by atoms with E-state index < -0.39 is 19.6 Å². The average Bonchev–Trinajstić information content (AvgIpc) is 2.62. The molecule has 0 radical (unpaired) electrons. The minimum atomic E-state index is -3.48. The van der Waals surface area contributed by atoms with E-state index in [1.54, 1.807) is 0 Å². The second-order valence-corrected chi connectivity index (χ2v) is 5.99. The highest BCUT2D eigenvalue weighted by atomic mass is 31.2. The van der Waals surface area contributed by atoms with Gasteiger partial charge in [-0.1, -0.05) is 13.8 Å². The third-order valence-corrected chi connectivity index (χ3v) is 4.29. The Hall–Kier alpha value is 0.0300. The summed E-state index contributed by atoms with van der Waals surface area (Å²) in [5, 5.41) is 9.68. The monoisotopic (exact) mass is 236 g/mol. The van der Waals surface area contributed by atoms with E-state index in [0.29, 0.717) is 5.92 Å². The van der Waals surface area contributed by atoms with Crippen molar-refractivity contribution in [2.75, 3.05) is 0 Å². The van der Waals surface area contributed by atoms with E-state index >= 15 is 0 Å². The molecule has 4 fully saturated rings. The summed E-state index contributed by atoms with van der Waals surface area (Å²) < 4.78 is 30.9. The van der Waals surface area contributed by atoms with Gasteiger partial charge in [-0.05, 0) is 18.8 Å². The molecular formula is C8H13O6P. The summed E-state index contributed by atoms with van der Waals surface area (Å²) in [6, 6.07) is 0. The van der Waals surface area contributed by atoms with Crippen LogP contribution in [0.2, 0.25) is 0 Å². The smallest absolute Gasteiger partial charge is 0.338 e. The fraction of sp³-hybridized carbons (Fsp3) is 1.00. The first-order chi connectivity index (χ1) is 6.89. The molecule has 2 unspecified atom stereocenters. The van der Waals surface area contributed by atoms with Crippen molar-refractivity contribution in [1.82, 2.24) is 0 Å². The van der Waals surface area contributed by atoms with Gasteiger partial charge in [-0.15, -0.1) is 0 Å². The predicted molar refractivity (Wildman–Crippen MR) is 47.5 cm³/mol. The van der Waals surface area contributed by atoms with Crippen LogP contribution >= 0.6 is 7.82 Å². The Balaban J connectivity index is 1.68. The topological polar surface area (TPSA) is 77.5 Å². The van der Waals surface area contributed by atoms with E-state index in [1.165, 1.54) is 0 Å². The lowest BCUT2D eigenvalue weighted by Gasteiger charge is -2.28. The van der Waals surface area contributed by atoms with Gasteiger partial charge in [0.2, 0.25) is 0 Å². The summed E-state index contributed by atoms with van der Waals surface area (Å²) >= 11 is 0. The highest BCUT2D eigenvalue weighted by Gasteiger charge is 2.90. The molecule has 2 atom stereocenters. The van der Waals surface area contributed by atoms with Crippen LogP contribution in [0.25, 0.3) is 0 Å². The lowest BCUT2D eigenvalue weighted by Crippen LogP contribution is -2.47. The first kappa shape index (κ1) is 10.2. The fourth-order valence-electron chi connectivity index (χ4n) is 1.97. The molecule has 86 valence electrons. The number of aliphatic hydroxyl groups is 1. The summed E-state index contributed by atoms with van der Waals surface area (Å²) in [7, 11) is -3.48. The summed E-state index contributed by atoms with van der Waals surface area (Å²) in [6.45, 7) is 4.18. The molecule has 6 nitrogen and oxygen atoms in total. The summed E-state index contributed by atoms with van der Waals surface area (Å²) in [4.78, 5) is 0. The fourth-order valence-corrected chi connectivity index (χ4v) is 3.52. The van der Waals surface area contributed by atoms with Crippen LogP contribution in [0.1, 0.15) is 26.7 Å². The van der Waals surface area contributed by atoms with Crippen LogP contribution in [0.4, 0.5) is 0 Å². The van der Waals surface area contributed by atoms with Crippen LogP contribution in [-0.4, -0.2) is 23.0 Å². The molecule has 0 saturated carbocycles. The van der Waals surface area contributed by atoms with Crippen molar-refractivity contribution in [2.45, 2.75) is 44.6 Å². The van der Waals surface area contributed by atoms with Gasteiger partial charge in [-0.2, -0.15) is 0 Å². The van der Waals surface area contributed by atoms with Gasteiger partial charge in [0.15, 0.2) is 0 Å². The number of hydrogen-bond donors (Lipinski definition) is 1. The van der Waals surface area contributed by atoms with Crippen LogP contribution in [0.5, 0.6) is 0 Å². The van der Waals surface area contributed by atoms with E-state index in [1.807, 2.05) is 0 Å². The van der Waals surface area contributed by atoms with Crippen molar-refractivity contribution in [3.8, 4) is 0 Å². The predicted octanol–water partition coefficient (Wildman–Crippen LogP) is 1.35. The molecule has 2 bridgehead atoms. The molecule has 1 spiro atoms. The van der Waals surface area contributed by atoms with Gasteiger partial charge in [-0.3, -0.25) is 0 Å². The van der Waals surface area contributed by atoms with E-state index in [9.17, 15) is 9.67 Å². The van der Waals surface area contributed by atoms with Gasteiger partial charge in [-0.25, -0.2) is 18.1 Å². The molecule has 4 aliphatic rings. The third-order valence-electron chi connectivity index (χ3n) is 2.85. The molecule has 0 aromatic carbocycles. The molecule has 4 heterocycles. The van der Waals surface area contributed by atoms with Crippen molar-refractivity contribution in [3.63, 3.8) is 0 Å². The Morgan fingerprint density at radius 3 is 2.53 bits per heavy atom. The first-order valence-corrected chi connectivity index (χ1v) is 6.48. The van der Waals surface area contributed by atoms with Crippen LogP contribution in [0, 0.1) is 5.92 Å². The number of phosphoric ester groups is 1. The second kappa shape index (κ2) is 2.64. The standard InChI is InChI=1S/C8H13O6P/c1-5(2)3-4-6-7(11-6)8(9)13-15(10,12-7)14-8/h5-6,9H,3-4H2,1-2H3. The molecule has 0 aromatic rings. The lowest BCUT2D eigenvalue weighted by atomic mass is 10.0. The lowest BCUT2D eigenvalue weighted by molar-refractivity contribution is -0.345. The largest absolute Gasteiger partial charge is 0.486 e. The van der Waals surface area contributed by atoms with E-state index in [2.05, 4.69) is 22.9 Å². The van der Waals surface area contributed by atoms with Crippen LogP contribution in [-0.2, 0) is 22.9 Å². The Labute approximate surface area is 87.1 Å². The molecule has 0 aromatic heterocycles. The number of phosphoric acid groups is 1. The van der Waals surface area contributed by atoms with Gasteiger partial charge in [0.1, 0.15) is 6.10 Å². The summed E-state index contributed by atoms with van der Waals surface area (Å²) in [5.41, 5.74) is 0. The Morgan fingerprint density at radius 1 is 1.40 bits per heavy atom. The highest BCUT2D eigenvalue weighted by molar-refractivity contribution is 7.50. The van der Waals surface area contributed by atoms with Crippen LogP contribution in [0.3, 0.4) is 0 Å². The summed E-state index contributed by atoms with van der Waals surface area (Å²) in [5.74, 6) is -2.73. The molecule has 15 heavy (non-hydrogen) atoms. The van der Waals surface area contributed by atoms with E-state index in [4.69, 9.17) is 9.26 Å². The van der Waals surface area contributed by atoms with Crippen molar-refractivity contribution in [1.29, 1.82) is 0 Å². The Morgan fingerprint density at radius 2 is 2.07 bits per heavy atom. The zero-order valence-electron chi connectivity index (χ0n) is 8.50. The maximum Gasteiger partial charge on any atom is 0.486 e. The average molecular weight is 236 g/mol. The molecular weight excluding hydrogens is 223 g/mol. The molecule has 4 aliphatic heterocycles. The van der Waals surface area contributed by atoms with Crippen LogP contribution in [0.15, 0.2) is 0 Å². The number of ether oxygens (including phenoxy) is 1. The summed E-state index contributed by atoms with van der Waals surface area (Å²) in [6.07, 6.45) is 1.38. The van der Waals surface area contributed by atoms with E-state index in [0.717, 1.165) is 12.8 Å². The maximum absolute atomic E-state index is 11.3. The van der Waals surface area contributed by atoms with Gasteiger partial charge < -0.3 is 9.84 Å². The normalized spacial score (nSPS) is 56.1. The molecule has 7 heteroatoms. The number of rotatable bonds is 3. The van der Waals surface area contributed by atoms with Crippen molar-refractivity contribution in [3.05, 3.63) is 0 Å². The highest BCUT2D eigenvalue weighted by Crippen LogP contribution is 2.81.